The van der Waals surface area contributed by atoms with Gasteiger partial charge >= 0.3 is 11.9 Å². The van der Waals surface area contributed by atoms with Crippen LogP contribution in [0.3, 0.4) is 0 Å². The number of carbonyl (C=O) groups is 2. The highest BCUT2D eigenvalue weighted by Gasteiger charge is 2.39. The lowest BCUT2D eigenvalue weighted by molar-refractivity contribution is -0.145. The fraction of sp³-hybridized carbons (Fsp3) is 0.444. The Hall–Kier alpha value is -2.10. The molecule has 0 N–H and O–H groups in total. The Kier molecular flexibility index (Phi) is 4.40. The van der Waals surface area contributed by atoms with Crippen molar-refractivity contribution >= 4 is 11.9 Å². The molecule has 1 unspecified atom stereocenters. The summed E-state index contributed by atoms with van der Waals surface area (Å²) in [6, 6.07) is 5.94. The third-order valence-corrected chi connectivity index (χ3v) is 3.93. The van der Waals surface area contributed by atoms with E-state index in [1.807, 2.05) is 18.2 Å². The summed E-state index contributed by atoms with van der Waals surface area (Å²) in [4.78, 5) is 22.8. The van der Waals surface area contributed by atoms with E-state index >= 15 is 0 Å². The second kappa shape index (κ2) is 5.95. The van der Waals surface area contributed by atoms with Gasteiger partial charge in [-0.1, -0.05) is 32.6 Å². The normalized spacial score (nSPS) is 18.5. The first-order chi connectivity index (χ1) is 10.2. The monoisotopic (exact) mass is 302 g/mol. The molecule has 0 aliphatic heterocycles. The first-order valence-corrected chi connectivity index (χ1v) is 7.34. The van der Waals surface area contributed by atoms with E-state index in [0.717, 1.165) is 17.5 Å². The number of benzene rings is 1. The van der Waals surface area contributed by atoms with Crippen LogP contribution in [0.2, 0.25) is 0 Å². The van der Waals surface area contributed by atoms with Crippen molar-refractivity contribution in [1.82, 2.24) is 0 Å². The minimum Gasteiger partial charge on any atom is -0.461 e. The van der Waals surface area contributed by atoms with Crippen molar-refractivity contribution in [3.8, 4) is 0 Å². The van der Waals surface area contributed by atoms with Gasteiger partial charge < -0.3 is 9.47 Å². The number of esters is 2. The summed E-state index contributed by atoms with van der Waals surface area (Å²) in [5.41, 5.74) is 3.38. The molecule has 0 heterocycles. The van der Waals surface area contributed by atoms with Crippen molar-refractivity contribution in [1.29, 1.82) is 0 Å². The molecule has 0 saturated heterocycles. The predicted octanol–water partition coefficient (Wildman–Crippen LogP) is 3.59. The molecule has 0 amide bonds. The van der Waals surface area contributed by atoms with Crippen molar-refractivity contribution in [2.24, 2.45) is 0 Å². The summed E-state index contributed by atoms with van der Waals surface area (Å²) in [5.74, 6) is -0.690. The lowest BCUT2D eigenvalue weighted by Crippen LogP contribution is -2.14. The number of hydrogen-bond donors (Lipinski definition) is 0. The number of carbonyl (C=O) groups excluding carboxylic acids is 2. The summed E-state index contributed by atoms with van der Waals surface area (Å²) in [6.07, 6.45) is 0.449. The van der Waals surface area contributed by atoms with E-state index in [4.69, 9.17) is 9.47 Å². The molecule has 4 heteroatoms. The molecule has 4 nitrogen and oxygen atoms in total. The van der Waals surface area contributed by atoms with E-state index in [9.17, 15) is 9.59 Å². The number of rotatable bonds is 4. The first kappa shape index (κ1) is 16.3. The Morgan fingerprint density at radius 1 is 1.32 bits per heavy atom. The van der Waals surface area contributed by atoms with Crippen LogP contribution in [0.15, 0.2) is 30.4 Å². The highest BCUT2D eigenvalue weighted by Crippen LogP contribution is 2.46. The molecule has 118 valence electrons. The van der Waals surface area contributed by atoms with Crippen LogP contribution in [0.5, 0.6) is 0 Å². The molecule has 0 saturated carbocycles. The Morgan fingerprint density at radius 2 is 2.00 bits per heavy atom. The second-order valence-corrected chi connectivity index (χ2v) is 6.46. The van der Waals surface area contributed by atoms with Crippen molar-refractivity contribution in [2.75, 3.05) is 0 Å². The molecule has 2 rings (SSSR count). The summed E-state index contributed by atoms with van der Waals surface area (Å²) < 4.78 is 10.6. The van der Waals surface area contributed by atoms with Crippen LogP contribution < -0.4 is 0 Å². The van der Waals surface area contributed by atoms with E-state index in [2.05, 4.69) is 20.4 Å². The maximum Gasteiger partial charge on any atom is 0.333 e. The van der Waals surface area contributed by atoms with E-state index in [1.54, 1.807) is 6.92 Å². The topological polar surface area (TPSA) is 52.6 Å². The molecule has 0 aromatic heterocycles. The number of ether oxygens (including phenoxy) is 2. The van der Waals surface area contributed by atoms with Gasteiger partial charge in [0.15, 0.2) is 0 Å². The zero-order valence-corrected chi connectivity index (χ0v) is 13.6. The van der Waals surface area contributed by atoms with Crippen molar-refractivity contribution in [3.63, 3.8) is 0 Å². The van der Waals surface area contributed by atoms with Crippen molar-refractivity contribution in [2.45, 2.75) is 52.2 Å². The molecule has 0 radical (unpaired) electrons. The molecule has 1 aromatic rings. The van der Waals surface area contributed by atoms with E-state index in [0.29, 0.717) is 5.57 Å². The molecular formula is C18H22O4. The number of hydrogen-bond acceptors (Lipinski definition) is 4. The zero-order valence-electron chi connectivity index (χ0n) is 13.6. The SMILES string of the molecule is C=C(C)C(=O)OC1CC(C)(C)c2ccc(COC(C)=O)cc21. The Balaban J connectivity index is 2.28. The molecule has 1 aromatic carbocycles. The van der Waals surface area contributed by atoms with Gasteiger partial charge in [0.25, 0.3) is 0 Å². The Morgan fingerprint density at radius 3 is 2.59 bits per heavy atom. The lowest BCUT2D eigenvalue weighted by atomic mass is 9.86. The maximum atomic E-state index is 11.8. The van der Waals surface area contributed by atoms with Crippen LogP contribution >= 0.6 is 0 Å². The average molecular weight is 302 g/mol. The van der Waals surface area contributed by atoms with Crippen molar-refractivity contribution < 1.29 is 19.1 Å². The van der Waals surface area contributed by atoms with Gasteiger partial charge in [-0.05, 0) is 41.5 Å². The summed E-state index contributed by atoms with van der Waals surface area (Å²) in [6.45, 7) is 11.1. The number of fused-ring (bicyclic) bond motifs is 1. The first-order valence-electron chi connectivity index (χ1n) is 7.34. The van der Waals surface area contributed by atoms with Gasteiger partial charge in [0.2, 0.25) is 0 Å². The smallest absolute Gasteiger partial charge is 0.333 e. The quantitative estimate of drug-likeness (QED) is 0.630. The highest BCUT2D eigenvalue weighted by molar-refractivity contribution is 5.87. The maximum absolute atomic E-state index is 11.8. The molecule has 1 aliphatic carbocycles. The molecular weight excluding hydrogens is 280 g/mol. The predicted molar refractivity (Wildman–Crippen MR) is 83.2 cm³/mol. The van der Waals surface area contributed by atoms with Crippen LogP contribution in [0.25, 0.3) is 0 Å². The summed E-state index contributed by atoms with van der Waals surface area (Å²) in [7, 11) is 0. The minimum atomic E-state index is -0.376. The zero-order chi connectivity index (χ0) is 16.5. The van der Waals surface area contributed by atoms with E-state index in [1.165, 1.54) is 12.5 Å². The standard InChI is InChI=1S/C18H22O4/c1-11(2)17(20)22-16-9-18(4,5)15-7-6-13(8-14(15)16)10-21-12(3)19/h6-8,16H,1,9-10H2,2-5H3. The Labute approximate surface area is 131 Å². The van der Waals surface area contributed by atoms with Crippen LogP contribution in [-0.4, -0.2) is 11.9 Å². The van der Waals surface area contributed by atoms with Gasteiger partial charge in [-0.15, -0.1) is 0 Å². The van der Waals surface area contributed by atoms with E-state index < -0.39 is 0 Å². The van der Waals surface area contributed by atoms with Crippen molar-refractivity contribution in [3.05, 3.63) is 47.0 Å². The minimum absolute atomic E-state index is 0.0602. The van der Waals surface area contributed by atoms with E-state index in [-0.39, 0.29) is 30.1 Å². The molecule has 1 atom stereocenters. The fourth-order valence-corrected chi connectivity index (χ4v) is 2.79. The third kappa shape index (κ3) is 3.38. The highest BCUT2D eigenvalue weighted by atomic mass is 16.5. The van der Waals surface area contributed by atoms with Crippen LogP contribution in [0.1, 0.15) is 56.9 Å². The molecule has 0 bridgehead atoms. The largest absolute Gasteiger partial charge is 0.461 e. The van der Waals surface area contributed by atoms with Gasteiger partial charge in [-0.25, -0.2) is 4.79 Å². The van der Waals surface area contributed by atoms with Gasteiger partial charge in [-0.2, -0.15) is 0 Å². The summed E-state index contributed by atoms with van der Waals surface area (Å²) >= 11 is 0. The summed E-state index contributed by atoms with van der Waals surface area (Å²) in [5, 5.41) is 0. The third-order valence-electron chi connectivity index (χ3n) is 3.93. The van der Waals surface area contributed by atoms with Gasteiger partial charge in [0.1, 0.15) is 12.7 Å². The van der Waals surface area contributed by atoms with Crippen LogP contribution in [-0.2, 0) is 31.1 Å². The lowest BCUT2D eigenvalue weighted by Gasteiger charge is -2.19. The fourth-order valence-electron chi connectivity index (χ4n) is 2.79. The molecule has 1 aliphatic rings. The van der Waals surface area contributed by atoms with Crippen LogP contribution in [0, 0.1) is 0 Å². The second-order valence-electron chi connectivity index (χ2n) is 6.46. The van der Waals surface area contributed by atoms with Gasteiger partial charge in [-0.3, -0.25) is 4.79 Å². The van der Waals surface area contributed by atoms with Crippen LogP contribution in [0.4, 0.5) is 0 Å². The molecule has 22 heavy (non-hydrogen) atoms. The van der Waals surface area contributed by atoms with Gasteiger partial charge in [0.05, 0.1) is 0 Å². The van der Waals surface area contributed by atoms with Gasteiger partial charge in [0, 0.05) is 12.5 Å². The average Bonchev–Trinajstić information content (AvgIpc) is 2.67. The molecule has 0 fully saturated rings. The Bertz CT molecular complexity index is 628. The molecule has 0 spiro atoms.